The Labute approximate surface area is 125 Å². The summed E-state index contributed by atoms with van der Waals surface area (Å²) < 4.78 is 27.2. The average molecular weight is 311 g/mol. The standard InChI is InChI=1S/C14H21N3O3S/c1-3-14(15,4-2)9-16-21(19,20)11-5-6-12-10(7-11)8-13(18)17-12/h5-7,16H,3-4,8-9,15H2,1-2H3,(H,17,18). The third-order valence-corrected chi connectivity index (χ3v) is 5.43. The fraction of sp³-hybridized carbons (Fsp3) is 0.500. The SMILES string of the molecule is CCC(N)(CC)CNS(=O)(=O)c1ccc2c(c1)CC(=O)N2. The summed E-state index contributed by atoms with van der Waals surface area (Å²) in [7, 11) is -3.62. The number of carbonyl (C=O) groups excluding carboxylic acids is 1. The minimum Gasteiger partial charge on any atom is -0.326 e. The molecular formula is C14H21N3O3S. The Kier molecular flexibility index (Phi) is 4.36. The Hall–Kier alpha value is -1.44. The van der Waals surface area contributed by atoms with Crippen LogP contribution in [0.3, 0.4) is 0 Å². The van der Waals surface area contributed by atoms with Gasteiger partial charge in [0.2, 0.25) is 15.9 Å². The van der Waals surface area contributed by atoms with Crippen LogP contribution in [0, 0.1) is 0 Å². The van der Waals surface area contributed by atoms with Crippen LogP contribution in [0.4, 0.5) is 5.69 Å². The van der Waals surface area contributed by atoms with Gasteiger partial charge in [0, 0.05) is 17.8 Å². The minimum absolute atomic E-state index is 0.120. The predicted molar refractivity (Wildman–Crippen MR) is 81.5 cm³/mol. The van der Waals surface area contributed by atoms with Gasteiger partial charge >= 0.3 is 0 Å². The lowest BCUT2D eigenvalue weighted by Crippen LogP contribution is -2.49. The Morgan fingerprint density at radius 2 is 2.00 bits per heavy atom. The van der Waals surface area contributed by atoms with Crippen molar-refractivity contribution in [2.24, 2.45) is 5.73 Å². The highest BCUT2D eigenvalue weighted by atomic mass is 32.2. The molecule has 1 aliphatic heterocycles. The third-order valence-electron chi connectivity index (χ3n) is 4.03. The van der Waals surface area contributed by atoms with E-state index in [4.69, 9.17) is 5.73 Å². The summed E-state index contributed by atoms with van der Waals surface area (Å²) in [5.41, 5.74) is 6.95. The first-order valence-corrected chi connectivity index (χ1v) is 8.49. The van der Waals surface area contributed by atoms with E-state index in [1.807, 2.05) is 13.8 Å². The van der Waals surface area contributed by atoms with Crippen molar-refractivity contribution in [2.45, 2.75) is 43.5 Å². The van der Waals surface area contributed by atoms with Gasteiger partial charge in [-0.3, -0.25) is 4.79 Å². The maximum atomic E-state index is 12.3. The molecule has 2 rings (SSSR count). The van der Waals surface area contributed by atoms with Crippen molar-refractivity contribution in [3.05, 3.63) is 23.8 Å². The fourth-order valence-electron chi connectivity index (χ4n) is 2.19. The molecular weight excluding hydrogens is 290 g/mol. The van der Waals surface area contributed by atoms with Crippen LogP contribution in [0.5, 0.6) is 0 Å². The van der Waals surface area contributed by atoms with Crippen molar-refractivity contribution in [2.75, 3.05) is 11.9 Å². The lowest BCUT2D eigenvalue weighted by atomic mass is 9.95. The van der Waals surface area contributed by atoms with Gasteiger partial charge in [-0.25, -0.2) is 13.1 Å². The van der Waals surface area contributed by atoms with Crippen molar-refractivity contribution in [1.82, 2.24) is 4.72 Å². The van der Waals surface area contributed by atoms with E-state index in [1.54, 1.807) is 6.07 Å². The number of nitrogens with two attached hydrogens (primary N) is 1. The van der Waals surface area contributed by atoms with Crippen LogP contribution < -0.4 is 15.8 Å². The molecule has 21 heavy (non-hydrogen) atoms. The topological polar surface area (TPSA) is 101 Å². The zero-order valence-electron chi connectivity index (χ0n) is 12.3. The van der Waals surface area contributed by atoms with E-state index in [1.165, 1.54) is 12.1 Å². The molecule has 0 saturated carbocycles. The summed E-state index contributed by atoms with van der Waals surface area (Å²) in [4.78, 5) is 11.5. The van der Waals surface area contributed by atoms with Gasteiger partial charge in [0.25, 0.3) is 0 Å². The number of carbonyl (C=O) groups is 1. The number of anilines is 1. The molecule has 1 aromatic carbocycles. The number of benzene rings is 1. The van der Waals surface area contributed by atoms with E-state index in [9.17, 15) is 13.2 Å². The predicted octanol–water partition coefficient (Wildman–Crippen LogP) is 0.977. The molecule has 0 aliphatic carbocycles. The molecule has 116 valence electrons. The molecule has 1 aromatic rings. The molecule has 0 aromatic heterocycles. The molecule has 4 N–H and O–H groups in total. The highest BCUT2D eigenvalue weighted by Crippen LogP contribution is 2.25. The van der Waals surface area contributed by atoms with Gasteiger partial charge in [-0.2, -0.15) is 0 Å². The normalized spacial score (nSPS) is 14.9. The van der Waals surface area contributed by atoms with Gasteiger partial charge in [0.1, 0.15) is 0 Å². The number of hydrogen-bond acceptors (Lipinski definition) is 4. The van der Waals surface area contributed by atoms with Crippen molar-refractivity contribution < 1.29 is 13.2 Å². The van der Waals surface area contributed by atoms with Crippen LogP contribution in [0.25, 0.3) is 0 Å². The minimum atomic E-state index is -3.62. The van der Waals surface area contributed by atoms with Gasteiger partial charge in [-0.1, -0.05) is 13.8 Å². The van der Waals surface area contributed by atoms with Crippen LogP contribution in [-0.4, -0.2) is 26.4 Å². The first-order chi connectivity index (χ1) is 9.79. The van der Waals surface area contributed by atoms with E-state index < -0.39 is 15.6 Å². The number of hydrogen-bond donors (Lipinski definition) is 3. The highest BCUT2D eigenvalue weighted by Gasteiger charge is 2.25. The van der Waals surface area contributed by atoms with E-state index in [2.05, 4.69) is 10.0 Å². The highest BCUT2D eigenvalue weighted by molar-refractivity contribution is 7.89. The lowest BCUT2D eigenvalue weighted by molar-refractivity contribution is -0.115. The van der Waals surface area contributed by atoms with Crippen molar-refractivity contribution in [3.8, 4) is 0 Å². The quantitative estimate of drug-likeness (QED) is 0.729. The molecule has 0 saturated heterocycles. The molecule has 1 aliphatic rings. The first kappa shape index (κ1) is 15.9. The number of rotatable bonds is 6. The average Bonchev–Trinajstić information content (AvgIpc) is 2.84. The number of amides is 1. The van der Waals surface area contributed by atoms with Gasteiger partial charge in [-0.05, 0) is 36.6 Å². The van der Waals surface area contributed by atoms with Crippen LogP contribution in [0.2, 0.25) is 0 Å². The second-order valence-electron chi connectivity index (χ2n) is 5.44. The van der Waals surface area contributed by atoms with Crippen molar-refractivity contribution in [1.29, 1.82) is 0 Å². The van der Waals surface area contributed by atoms with Gasteiger partial charge in [0.05, 0.1) is 11.3 Å². The zero-order chi connectivity index (χ0) is 15.7. The zero-order valence-corrected chi connectivity index (χ0v) is 13.1. The Morgan fingerprint density at radius 3 is 2.62 bits per heavy atom. The Bertz CT molecular complexity index is 651. The molecule has 1 heterocycles. The van der Waals surface area contributed by atoms with Crippen LogP contribution >= 0.6 is 0 Å². The largest absolute Gasteiger partial charge is 0.326 e. The monoisotopic (exact) mass is 311 g/mol. The molecule has 6 nitrogen and oxygen atoms in total. The van der Waals surface area contributed by atoms with E-state index in [0.717, 1.165) is 0 Å². The molecule has 0 radical (unpaired) electrons. The molecule has 0 unspecified atom stereocenters. The fourth-order valence-corrected chi connectivity index (χ4v) is 3.38. The summed E-state index contributed by atoms with van der Waals surface area (Å²) >= 11 is 0. The number of sulfonamides is 1. The summed E-state index contributed by atoms with van der Waals surface area (Å²) in [6.45, 7) is 4.06. The summed E-state index contributed by atoms with van der Waals surface area (Å²) in [6.07, 6.45) is 1.59. The summed E-state index contributed by atoms with van der Waals surface area (Å²) in [6, 6.07) is 4.64. The Balaban J connectivity index is 2.17. The van der Waals surface area contributed by atoms with Crippen LogP contribution in [0.15, 0.2) is 23.1 Å². The molecule has 0 fully saturated rings. The van der Waals surface area contributed by atoms with Crippen LogP contribution in [-0.2, 0) is 21.2 Å². The first-order valence-electron chi connectivity index (χ1n) is 7.01. The number of fused-ring (bicyclic) bond motifs is 1. The smallest absolute Gasteiger partial charge is 0.240 e. The maximum absolute atomic E-state index is 12.3. The Morgan fingerprint density at radius 1 is 1.33 bits per heavy atom. The van der Waals surface area contributed by atoms with E-state index >= 15 is 0 Å². The maximum Gasteiger partial charge on any atom is 0.240 e. The van der Waals surface area contributed by atoms with E-state index in [-0.39, 0.29) is 23.8 Å². The molecule has 0 spiro atoms. The van der Waals surface area contributed by atoms with Crippen LogP contribution in [0.1, 0.15) is 32.3 Å². The molecule has 0 atom stereocenters. The lowest BCUT2D eigenvalue weighted by Gasteiger charge is -2.26. The second kappa shape index (κ2) is 5.75. The molecule has 7 heteroatoms. The third kappa shape index (κ3) is 3.42. The second-order valence-corrected chi connectivity index (χ2v) is 7.20. The van der Waals surface area contributed by atoms with Crippen molar-refractivity contribution >= 4 is 21.6 Å². The summed E-state index contributed by atoms with van der Waals surface area (Å²) in [5.74, 6) is -0.120. The van der Waals surface area contributed by atoms with Gasteiger partial charge < -0.3 is 11.1 Å². The van der Waals surface area contributed by atoms with E-state index in [0.29, 0.717) is 24.1 Å². The number of nitrogens with one attached hydrogen (secondary N) is 2. The van der Waals surface area contributed by atoms with Gasteiger partial charge in [0.15, 0.2) is 0 Å². The molecule has 0 bridgehead atoms. The molecule has 1 amide bonds. The van der Waals surface area contributed by atoms with Crippen molar-refractivity contribution in [3.63, 3.8) is 0 Å². The summed E-state index contributed by atoms with van der Waals surface area (Å²) in [5, 5.41) is 2.68. The van der Waals surface area contributed by atoms with Gasteiger partial charge in [-0.15, -0.1) is 0 Å².